The first-order valence-corrected chi connectivity index (χ1v) is 7.96. The lowest BCUT2D eigenvalue weighted by molar-refractivity contribution is -0.146. The van der Waals surface area contributed by atoms with Crippen molar-refractivity contribution in [2.75, 3.05) is 5.32 Å². The summed E-state index contributed by atoms with van der Waals surface area (Å²) in [4.78, 5) is 32.0. The number of carbonyl (C=O) groups excluding carboxylic acids is 1. The van der Waals surface area contributed by atoms with Gasteiger partial charge >= 0.3 is 5.97 Å². The van der Waals surface area contributed by atoms with Crippen LogP contribution in [-0.4, -0.2) is 27.0 Å². The molecule has 1 saturated carbocycles. The maximum Gasteiger partial charge on any atom is 0.307 e. The summed E-state index contributed by atoms with van der Waals surface area (Å²) in [5, 5.41) is 12.0. The van der Waals surface area contributed by atoms with E-state index in [1.165, 1.54) is 6.20 Å². The smallest absolute Gasteiger partial charge is 0.307 e. The Balaban J connectivity index is 1.82. The van der Waals surface area contributed by atoms with E-state index in [0.29, 0.717) is 15.0 Å². The number of allylic oxidation sites excluding steroid dienone is 2. The van der Waals surface area contributed by atoms with E-state index in [0.717, 1.165) is 6.42 Å². The third kappa shape index (κ3) is 2.62. The Hall–Kier alpha value is -1.28. The summed E-state index contributed by atoms with van der Waals surface area (Å²) in [5.41, 5.74) is 0. The molecule has 2 N–H and O–H groups in total. The van der Waals surface area contributed by atoms with Crippen LogP contribution in [-0.2, 0) is 9.59 Å². The van der Waals surface area contributed by atoms with Gasteiger partial charge in [-0.2, -0.15) is 0 Å². The molecule has 2 aliphatic carbocycles. The quantitative estimate of drug-likeness (QED) is 0.738. The minimum absolute atomic E-state index is 0.0155. The molecule has 110 valence electrons. The third-order valence-corrected chi connectivity index (χ3v) is 4.92. The lowest BCUT2D eigenvalue weighted by Crippen LogP contribution is -2.36. The van der Waals surface area contributed by atoms with Gasteiger partial charge in [-0.1, -0.05) is 12.2 Å². The van der Waals surface area contributed by atoms with E-state index < -0.39 is 17.8 Å². The molecule has 21 heavy (non-hydrogen) atoms. The van der Waals surface area contributed by atoms with Gasteiger partial charge in [-0.3, -0.25) is 9.59 Å². The molecule has 2 unspecified atom stereocenters. The maximum atomic E-state index is 12.4. The van der Waals surface area contributed by atoms with E-state index in [9.17, 15) is 14.7 Å². The monoisotopic (exact) mass is 415 g/mol. The zero-order valence-corrected chi connectivity index (χ0v) is 13.8. The number of aromatic nitrogens is 2. The predicted molar refractivity (Wildman–Crippen MR) is 81.4 cm³/mol. The highest BCUT2D eigenvalue weighted by Gasteiger charge is 2.51. The molecule has 0 saturated heterocycles. The molecule has 8 heteroatoms. The normalized spacial score (nSPS) is 29.6. The Morgan fingerprint density at radius 2 is 1.90 bits per heavy atom. The molecule has 0 spiro atoms. The van der Waals surface area contributed by atoms with Crippen molar-refractivity contribution in [1.29, 1.82) is 0 Å². The summed E-state index contributed by atoms with van der Waals surface area (Å²) in [6, 6.07) is 0. The van der Waals surface area contributed by atoms with Gasteiger partial charge in [-0.15, -0.1) is 0 Å². The van der Waals surface area contributed by atoms with Crippen LogP contribution in [0.5, 0.6) is 0 Å². The van der Waals surface area contributed by atoms with Crippen LogP contribution in [0, 0.1) is 23.7 Å². The molecule has 1 aromatic heterocycles. The van der Waals surface area contributed by atoms with Crippen molar-refractivity contribution in [3.63, 3.8) is 0 Å². The minimum atomic E-state index is -0.923. The summed E-state index contributed by atoms with van der Waals surface area (Å²) >= 11 is 6.40. The lowest BCUT2D eigenvalue weighted by atomic mass is 9.82. The molecule has 0 radical (unpaired) electrons. The highest BCUT2D eigenvalue weighted by atomic mass is 79.9. The predicted octanol–water partition coefficient (Wildman–Crippen LogP) is 2.46. The number of fused-ring (bicyclic) bond motifs is 2. The summed E-state index contributed by atoms with van der Waals surface area (Å²) in [6.07, 6.45) is 6.04. The summed E-state index contributed by atoms with van der Waals surface area (Å²) in [5.74, 6) is -2.25. The highest BCUT2D eigenvalue weighted by Crippen LogP contribution is 2.48. The Morgan fingerprint density at radius 3 is 2.52 bits per heavy atom. The largest absolute Gasteiger partial charge is 0.481 e. The second-order valence-electron chi connectivity index (χ2n) is 5.16. The molecule has 0 aliphatic heterocycles. The summed E-state index contributed by atoms with van der Waals surface area (Å²) in [7, 11) is 0. The minimum Gasteiger partial charge on any atom is -0.481 e. The number of amides is 1. The van der Waals surface area contributed by atoms with Crippen molar-refractivity contribution >= 4 is 49.6 Å². The zero-order valence-electron chi connectivity index (χ0n) is 10.7. The molecule has 1 fully saturated rings. The first-order valence-electron chi connectivity index (χ1n) is 6.37. The first-order chi connectivity index (χ1) is 9.97. The van der Waals surface area contributed by atoms with Crippen molar-refractivity contribution < 1.29 is 14.7 Å². The van der Waals surface area contributed by atoms with E-state index in [1.54, 1.807) is 0 Å². The average Bonchev–Trinajstić information content (AvgIpc) is 3.02. The van der Waals surface area contributed by atoms with Crippen molar-refractivity contribution in [3.8, 4) is 0 Å². The molecule has 1 amide bonds. The van der Waals surface area contributed by atoms with Crippen molar-refractivity contribution in [2.24, 2.45) is 23.7 Å². The molecule has 4 atom stereocenters. The number of carbonyl (C=O) groups is 2. The number of nitrogens with zero attached hydrogens (tertiary/aromatic N) is 2. The van der Waals surface area contributed by atoms with Gasteiger partial charge in [0.2, 0.25) is 5.91 Å². The van der Waals surface area contributed by atoms with E-state index in [1.807, 2.05) is 12.2 Å². The van der Waals surface area contributed by atoms with Gasteiger partial charge in [0.1, 0.15) is 9.21 Å². The van der Waals surface area contributed by atoms with E-state index in [4.69, 9.17) is 0 Å². The van der Waals surface area contributed by atoms with Crippen LogP contribution in [0.1, 0.15) is 6.42 Å². The fourth-order valence-electron chi connectivity index (χ4n) is 3.15. The molecule has 2 aliphatic rings. The highest BCUT2D eigenvalue weighted by molar-refractivity contribution is 9.11. The number of aliphatic carboxylic acids is 1. The topological polar surface area (TPSA) is 92.2 Å². The van der Waals surface area contributed by atoms with Gasteiger partial charge in [-0.25, -0.2) is 9.97 Å². The van der Waals surface area contributed by atoms with E-state index >= 15 is 0 Å². The van der Waals surface area contributed by atoms with E-state index in [-0.39, 0.29) is 17.7 Å². The molecule has 1 aromatic rings. The summed E-state index contributed by atoms with van der Waals surface area (Å²) in [6.45, 7) is 0. The van der Waals surface area contributed by atoms with Gasteiger partial charge in [0.05, 0.1) is 18.0 Å². The average molecular weight is 417 g/mol. The molecule has 6 nitrogen and oxygen atoms in total. The lowest BCUT2D eigenvalue weighted by Gasteiger charge is -2.23. The van der Waals surface area contributed by atoms with Crippen LogP contribution in [0.2, 0.25) is 0 Å². The van der Waals surface area contributed by atoms with E-state index in [2.05, 4.69) is 47.1 Å². The zero-order chi connectivity index (χ0) is 15.1. The molecular formula is C13H11Br2N3O3. The van der Waals surface area contributed by atoms with Gasteiger partial charge in [0.25, 0.3) is 0 Å². The molecule has 2 bridgehead atoms. The Labute approximate surface area is 137 Å². The standard InChI is InChI=1S/C13H11Br2N3O3/c14-7-4-16-11(10(15)17-7)18-12(19)8-5-1-2-6(3-5)9(8)13(20)21/h1-2,4-6,8-9H,3H2,(H,20,21)(H,16,18,19)/t5?,6?,8-,9+/m0/s1. The Morgan fingerprint density at radius 1 is 1.24 bits per heavy atom. The summed E-state index contributed by atoms with van der Waals surface area (Å²) < 4.78 is 0.939. The number of anilines is 1. The molecule has 3 rings (SSSR count). The fraction of sp³-hybridized carbons (Fsp3) is 0.385. The third-order valence-electron chi connectivity index (χ3n) is 3.99. The van der Waals surface area contributed by atoms with Crippen molar-refractivity contribution in [1.82, 2.24) is 9.97 Å². The second-order valence-corrected chi connectivity index (χ2v) is 6.72. The maximum absolute atomic E-state index is 12.4. The van der Waals surface area contributed by atoms with Crippen LogP contribution in [0.4, 0.5) is 5.82 Å². The second kappa shape index (κ2) is 5.49. The van der Waals surface area contributed by atoms with Gasteiger partial charge in [-0.05, 0) is 50.1 Å². The van der Waals surface area contributed by atoms with Crippen molar-refractivity contribution in [3.05, 3.63) is 27.6 Å². The van der Waals surface area contributed by atoms with Gasteiger partial charge in [0, 0.05) is 0 Å². The van der Waals surface area contributed by atoms with Crippen LogP contribution >= 0.6 is 31.9 Å². The van der Waals surface area contributed by atoms with Gasteiger partial charge in [0.15, 0.2) is 5.82 Å². The first kappa shape index (κ1) is 14.6. The van der Waals surface area contributed by atoms with Crippen molar-refractivity contribution in [2.45, 2.75) is 6.42 Å². The number of halogens is 2. The number of nitrogens with one attached hydrogen (secondary N) is 1. The Bertz CT molecular complexity index is 650. The number of hydrogen-bond donors (Lipinski definition) is 2. The van der Waals surface area contributed by atoms with Gasteiger partial charge < -0.3 is 10.4 Å². The SMILES string of the molecule is O=C(O)[C@@H]1C2C=CC(C2)[C@@H]1C(=O)Nc1ncc(Br)nc1Br. The molecule has 1 heterocycles. The van der Waals surface area contributed by atoms with Crippen LogP contribution in [0.3, 0.4) is 0 Å². The Kier molecular flexibility index (Phi) is 3.83. The number of rotatable bonds is 3. The van der Waals surface area contributed by atoms with Crippen LogP contribution in [0.25, 0.3) is 0 Å². The number of carboxylic acid groups (broad SMARTS) is 1. The molecular weight excluding hydrogens is 406 g/mol. The fourth-order valence-corrected chi connectivity index (χ4v) is 4.06. The number of hydrogen-bond acceptors (Lipinski definition) is 4. The van der Waals surface area contributed by atoms with Crippen LogP contribution in [0.15, 0.2) is 27.6 Å². The van der Waals surface area contributed by atoms with Crippen LogP contribution < -0.4 is 5.32 Å². The molecule has 0 aromatic carbocycles. The number of carboxylic acids is 1.